The summed E-state index contributed by atoms with van der Waals surface area (Å²) < 4.78 is 5.56. The minimum absolute atomic E-state index is 0.0756. The van der Waals surface area contributed by atoms with Crippen LogP contribution in [-0.2, 0) is 6.54 Å². The predicted octanol–water partition coefficient (Wildman–Crippen LogP) is 1.49. The maximum absolute atomic E-state index is 5.71. The van der Waals surface area contributed by atoms with Crippen molar-refractivity contribution in [3.05, 3.63) is 23.5 Å². The van der Waals surface area contributed by atoms with Crippen LogP contribution in [0.25, 0.3) is 0 Å². The van der Waals surface area contributed by atoms with Crippen molar-refractivity contribution in [2.75, 3.05) is 11.1 Å². The number of hydrogen-bond donors (Lipinski definition) is 3. The van der Waals surface area contributed by atoms with Gasteiger partial charge in [0.05, 0.1) is 12.3 Å². The third-order valence-corrected chi connectivity index (χ3v) is 2.38. The molecule has 0 aliphatic rings. The van der Waals surface area contributed by atoms with Crippen molar-refractivity contribution in [2.24, 2.45) is 0 Å². The smallest absolute Gasteiger partial charge is 0.226 e. The molecule has 102 valence electrons. The molecule has 2 aromatic heterocycles. The molecule has 2 aromatic rings. The molecular formula is C12H18N6O. The molecule has 0 spiro atoms. The van der Waals surface area contributed by atoms with Crippen molar-refractivity contribution in [3.63, 3.8) is 0 Å². The van der Waals surface area contributed by atoms with Gasteiger partial charge < -0.3 is 15.8 Å². The maximum atomic E-state index is 5.71. The second-order valence-corrected chi connectivity index (χ2v) is 4.50. The van der Waals surface area contributed by atoms with Crippen LogP contribution < -0.4 is 15.8 Å². The van der Waals surface area contributed by atoms with E-state index in [9.17, 15) is 0 Å². The largest absolute Gasteiger partial charge is 0.475 e. The Hall–Kier alpha value is -2.31. The van der Waals surface area contributed by atoms with Gasteiger partial charge in [-0.05, 0) is 20.8 Å². The van der Waals surface area contributed by atoms with E-state index in [4.69, 9.17) is 10.5 Å². The third kappa shape index (κ3) is 3.57. The first-order valence-electron chi connectivity index (χ1n) is 6.08. The minimum Gasteiger partial charge on any atom is -0.475 e. The molecule has 0 aliphatic heterocycles. The number of H-pyrrole nitrogens is 1. The van der Waals surface area contributed by atoms with Gasteiger partial charge in [0.15, 0.2) is 0 Å². The van der Waals surface area contributed by atoms with E-state index in [0.29, 0.717) is 24.2 Å². The van der Waals surface area contributed by atoms with Gasteiger partial charge in [0.25, 0.3) is 0 Å². The third-order valence-electron chi connectivity index (χ3n) is 2.38. The van der Waals surface area contributed by atoms with Crippen LogP contribution in [0.5, 0.6) is 5.88 Å². The number of aryl methyl sites for hydroxylation is 1. The molecule has 7 nitrogen and oxygen atoms in total. The van der Waals surface area contributed by atoms with E-state index in [0.717, 1.165) is 11.3 Å². The van der Waals surface area contributed by atoms with E-state index in [1.165, 1.54) is 0 Å². The number of nitrogen functional groups attached to an aromatic ring is 1. The number of aromatic amines is 1. The van der Waals surface area contributed by atoms with Crippen molar-refractivity contribution in [1.29, 1.82) is 0 Å². The van der Waals surface area contributed by atoms with Gasteiger partial charge in [-0.1, -0.05) is 0 Å². The number of ether oxygens (including phenoxy) is 1. The van der Waals surface area contributed by atoms with Crippen LogP contribution in [0.15, 0.2) is 12.3 Å². The lowest BCUT2D eigenvalue weighted by Gasteiger charge is -2.11. The number of hydrogen-bond acceptors (Lipinski definition) is 6. The van der Waals surface area contributed by atoms with Gasteiger partial charge in [0, 0.05) is 23.9 Å². The average molecular weight is 262 g/mol. The zero-order valence-electron chi connectivity index (χ0n) is 11.3. The fourth-order valence-corrected chi connectivity index (χ4v) is 1.56. The first kappa shape index (κ1) is 13.1. The van der Waals surface area contributed by atoms with Crippen molar-refractivity contribution in [3.8, 4) is 5.88 Å². The van der Waals surface area contributed by atoms with Crippen LogP contribution in [0.3, 0.4) is 0 Å². The van der Waals surface area contributed by atoms with Crippen LogP contribution in [0, 0.1) is 6.92 Å². The Kier molecular flexibility index (Phi) is 3.84. The molecular weight excluding hydrogens is 244 g/mol. The molecule has 0 saturated heterocycles. The normalized spacial score (nSPS) is 10.7. The Morgan fingerprint density at radius 3 is 2.84 bits per heavy atom. The van der Waals surface area contributed by atoms with E-state index in [1.807, 2.05) is 20.8 Å². The molecule has 0 amide bonds. The average Bonchev–Trinajstić information content (AvgIpc) is 2.70. The van der Waals surface area contributed by atoms with Gasteiger partial charge in [0.2, 0.25) is 11.8 Å². The SMILES string of the molecule is Cc1cc(OC(C)C)nc(NCc2cn[nH]c2N)n1. The fraction of sp³-hybridized carbons (Fsp3) is 0.417. The highest BCUT2D eigenvalue weighted by Gasteiger charge is 2.06. The Labute approximate surface area is 111 Å². The van der Waals surface area contributed by atoms with E-state index >= 15 is 0 Å². The van der Waals surface area contributed by atoms with Crippen LogP contribution >= 0.6 is 0 Å². The lowest BCUT2D eigenvalue weighted by Crippen LogP contribution is -2.10. The summed E-state index contributed by atoms with van der Waals surface area (Å²) in [7, 11) is 0. The number of anilines is 2. The summed E-state index contributed by atoms with van der Waals surface area (Å²) in [5.41, 5.74) is 7.42. The summed E-state index contributed by atoms with van der Waals surface area (Å²) in [5, 5.41) is 9.63. The highest BCUT2D eigenvalue weighted by atomic mass is 16.5. The molecule has 0 unspecified atom stereocenters. The van der Waals surface area contributed by atoms with Gasteiger partial charge in [-0.3, -0.25) is 5.10 Å². The topological polar surface area (TPSA) is 102 Å². The first-order chi connectivity index (χ1) is 9.04. The number of nitrogens with two attached hydrogens (primary N) is 1. The molecule has 7 heteroatoms. The highest BCUT2D eigenvalue weighted by molar-refractivity contribution is 5.40. The summed E-state index contributed by atoms with van der Waals surface area (Å²) in [6.07, 6.45) is 1.75. The Morgan fingerprint density at radius 2 is 2.21 bits per heavy atom. The second kappa shape index (κ2) is 5.55. The summed E-state index contributed by atoms with van der Waals surface area (Å²) >= 11 is 0. The van der Waals surface area contributed by atoms with Gasteiger partial charge >= 0.3 is 0 Å². The minimum atomic E-state index is 0.0756. The Balaban J connectivity index is 2.07. The zero-order chi connectivity index (χ0) is 13.8. The van der Waals surface area contributed by atoms with Crippen LogP contribution in [0.1, 0.15) is 25.1 Å². The molecule has 4 N–H and O–H groups in total. The number of aromatic nitrogens is 4. The quantitative estimate of drug-likeness (QED) is 0.754. The summed E-state index contributed by atoms with van der Waals surface area (Å²) in [6.45, 7) is 6.31. The molecule has 0 fully saturated rings. The fourth-order valence-electron chi connectivity index (χ4n) is 1.56. The highest BCUT2D eigenvalue weighted by Crippen LogP contribution is 2.15. The van der Waals surface area contributed by atoms with Gasteiger partial charge in [-0.2, -0.15) is 10.1 Å². The Morgan fingerprint density at radius 1 is 1.42 bits per heavy atom. The van der Waals surface area contributed by atoms with Gasteiger partial charge in [-0.15, -0.1) is 0 Å². The molecule has 0 saturated carbocycles. The van der Waals surface area contributed by atoms with E-state index in [1.54, 1.807) is 12.3 Å². The van der Waals surface area contributed by atoms with Crippen molar-refractivity contribution < 1.29 is 4.74 Å². The number of nitrogens with one attached hydrogen (secondary N) is 2. The standard InChI is InChI=1S/C12H18N6O/c1-7(2)19-10-4-8(3)16-12(17-10)14-5-9-6-15-18-11(9)13/h4,6-7H,5H2,1-3H3,(H3,13,15,18)(H,14,16,17). The first-order valence-corrected chi connectivity index (χ1v) is 6.08. The predicted molar refractivity (Wildman–Crippen MR) is 72.9 cm³/mol. The van der Waals surface area contributed by atoms with Crippen LogP contribution in [0.2, 0.25) is 0 Å². The second-order valence-electron chi connectivity index (χ2n) is 4.50. The van der Waals surface area contributed by atoms with Gasteiger partial charge in [-0.25, -0.2) is 4.98 Å². The van der Waals surface area contributed by atoms with Crippen molar-refractivity contribution in [2.45, 2.75) is 33.4 Å². The molecule has 0 bridgehead atoms. The van der Waals surface area contributed by atoms with E-state index in [2.05, 4.69) is 25.5 Å². The molecule has 19 heavy (non-hydrogen) atoms. The maximum Gasteiger partial charge on any atom is 0.226 e. The lowest BCUT2D eigenvalue weighted by atomic mass is 10.3. The molecule has 2 heterocycles. The van der Waals surface area contributed by atoms with Gasteiger partial charge in [0.1, 0.15) is 5.82 Å². The van der Waals surface area contributed by atoms with E-state index in [-0.39, 0.29) is 6.10 Å². The molecule has 0 atom stereocenters. The number of nitrogens with zero attached hydrogens (tertiary/aromatic N) is 3. The lowest BCUT2D eigenvalue weighted by molar-refractivity contribution is 0.232. The molecule has 0 aromatic carbocycles. The molecule has 0 radical (unpaired) electrons. The monoisotopic (exact) mass is 262 g/mol. The van der Waals surface area contributed by atoms with Crippen molar-refractivity contribution >= 4 is 11.8 Å². The summed E-state index contributed by atoms with van der Waals surface area (Å²) in [4.78, 5) is 8.58. The van der Waals surface area contributed by atoms with Crippen molar-refractivity contribution in [1.82, 2.24) is 20.2 Å². The van der Waals surface area contributed by atoms with Crippen LogP contribution in [0.4, 0.5) is 11.8 Å². The summed E-state index contributed by atoms with van der Waals surface area (Å²) in [5.74, 6) is 1.61. The number of rotatable bonds is 5. The molecule has 0 aliphatic carbocycles. The Bertz CT molecular complexity index is 551. The zero-order valence-corrected chi connectivity index (χ0v) is 11.3. The molecule has 2 rings (SSSR count). The summed E-state index contributed by atoms with van der Waals surface area (Å²) in [6, 6.07) is 1.80. The van der Waals surface area contributed by atoms with E-state index < -0.39 is 0 Å². The van der Waals surface area contributed by atoms with Crippen LogP contribution in [-0.4, -0.2) is 26.3 Å².